The van der Waals surface area contributed by atoms with Crippen LogP contribution in [-0.2, 0) is 6.54 Å². The monoisotopic (exact) mass is 315 g/mol. The largest absolute Gasteiger partial charge is 0.381 e. The zero-order chi connectivity index (χ0) is 13.1. The number of rotatable bonds is 3. The van der Waals surface area contributed by atoms with Crippen LogP contribution in [0.1, 0.15) is 5.56 Å². The van der Waals surface area contributed by atoms with Crippen LogP contribution < -0.4 is 5.32 Å². The maximum Gasteiger partial charge on any atom is 0.128 e. The zero-order valence-electron chi connectivity index (χ0n) is 9.18. The summed E-state index contributed by atoms with van der Waals surface area (Å²) in [5.41, 5.74) is 1.13. The molecule has 1 N–H and O–H groups in total. The standard InChI is InChI=1S/C13H9BrF3N/c14-13-6-9(15)2-1-8(13)7-18-12-4-10(16)3-11(17)5-12/h1-6,18H,7H2. The number of nitrogens with one attached hydrogen (secondary N) is 1. The van der Waals surface area contributed by atoms with Crippen molar-refractivity contribution in [3.63, 3.8) is 0 Å². The number of anilines is 1. The summed E-state index contributed by atoms with van der Waals surface area (Å²) in [6.45, 7) is 0.337. The van der Waals surface area contributed by atoms with Crippen molar-refractivity contribution in [2.75, 3.05) is 5.32 Å². The predicted octanol–water partition coefficient (Wildman–Crippen LogP) is 4.48. The van der Waals surface area contributed by atoms with Crippen molar-refractivity contribution >= 4 is 21.6 Å². The fourth-order valence-electron chi connectivity index (χ4n) is 1.52. The van der Waals surface area contributed by atoms with E-state index in [9.17, 15) is 13.2 Å². The van der Waals surface area contributed by atoms with Gasteiger partial charge in [0.1, 0.15) is 17.5 Å². The van der Waals surface area contributed by atoms with Crippen LogP contribution in [0.5, 0.6) is 0 Å². The Bertz CT molecular complexity index is 552. The molecule has 0 atom stereocenters. The van der Waals surface area contributed by atoms with Gasteiger partial charge in [0, 0.05) is 22.8 Å². The molecule has 0 aromatic heterocycles. The SMILES string of the molecule is Fc1cc(F)cc(NCc2ccc(F)cc2Br)c1. The molecular formula is C13H9BrF3N. The Kier molecular flexibility index (Phi) is 3.91. The van der Waals surface area contributed by atoms with Crippen LogP contribution in [0, 0.1) is 17.5 Å². The first-order chi connectivity index (χ1) is 8.54. The van der Waals surface area contributed by atoms with Crippen LogP contribution in [0.2, 0.25) is 0 Å². The molecule has 0 aliphatic heterocycles. The molecule has 2 aromatic carbocycles. The van der Waals surface area contributed by atoms with Crippen molar-refractivity contribution in [3.8, 4) is 0 Å². The number of benzene rings is 2. The molecule has 2 aromatic rings. The molecule has 5 heteroatoms. The molecule has 0 aliphatic carbocycles. The molecule has 0 radical (unpaired) electrons. The fraction of sp³-hybridized carbons (Fsp3) is 0.0769. The highest BCUT2D eigenvalue weighted by atomic mass is 79.9. The van der Waals surface area contributed by atoms with Gasteiger partial charge in [0.15, 0.2) is 0 Å². The first kappa shape index (κ1) is 13.0. The Balaban J connectivity index is 2.11. The summed E-state index contributed by atoms with van der Waals surface area (Å²) in [4.78, 5) is 0. The van der Waals surface area contributed by atoms with Gasteiger partial charge in [-0.1, -0.05) is 22.0 Å². The second-order valence-electron chi connectivity index (χ2n) is 3.75. The molecular weight excluding hydrogens is 307 g/mol. The topological polar surface area (TPSA) is 12.0 Å². The van der Waals surface area contributed by atoms with Gasteiger partial charge in [-0.15, -0.1) is 0 Å². The van der Waals surface area contributed by atoms with Crippen molar-refractivity contribution in [1.29, 1.82) is 0 Å². The molecule has 0 spiro atoms. The highest BCUT2D eigenvalue weighted by Crippen LogP contribution is 2.20. The summed E-state index contributed by atoms with van der Waals surface area (Å²) in [5.74, 6) is -1.63. The van der Waals surface area contributed by atoms with Gasteiger partial charge in [-0.25, -0.2) is 13.2 Å². The van der Waals surface area contributed by atoms with Gasteiger partial charge in [-0.2, -0.15) is 0 Å². The second-order valence-corrected chi connectivity index (χ2v) is 4.60. The van der Waals surface area contributed by atoms with Crippen LogP contribution in [0.15, 0.2) is 40.9 Å². The van der Waals surface area contributed by atoms with E-state index in [1.807, 2.05) is 0 Å². The average Bonchev–Trinajstić information content (AvgIpc) is 2.26. The van der Waals surface area contributed by atoms with Crippen LogP contribution in [0.25, 0.3) is 0 Å². The normalized spacial score (nSPS) is 10.4. The van der Waals surface area contributed by atoms with Gasteiger partial charge in [0.25, 0.3) is 0 Å². The third-order valence-corrected chi connectivity index (χ3v) is 3.10. The molecule has 0 aliphatic rings. The van der Waals surface area contributed by atoms with Gasteiger partial charge < -0.3 is 5.32 Å². The Hall–Kier alpha value is -1.49. The zero-order valence-corrected chi connectivity index (χ0v) is 10.8. The van der Waals surface area contributed by atoms with E-state index in [0.29, 0.717) is 16.7 Å². The van der Waals surface area contributed by atoms with E-state index >= 15 is 0 Å². The Labute approximate surface area is 111 Å². The van der Waals surface area contributed by atoms with Crippen molar-refractivity contribution < 1.29 is 13.2 Å². The van der Waals surface area contributed by atoms with Crippen LogP contribution in [-0.4, -0.2) is 0 Å². The van der Waals surface area contributed by atoms with E-state index in [-0.39, 0.29) is 5.82 Å². The van der Waals surface area contributed by atoms with E-state index in [1.54, 1.807) is 6.07 Å². The minimum Gasteiger partial charge on any atom is -0.381 e. The summed E-state index contributed by atoms with van der Waals surface area (Å²) < 4.78 is 39.4. The quantitative estimate of drug-likeness (QED) is 0.880. The van der Waals surface area contributed by atoms with Crippen LogP contribution in [0.4, 0.5) is 18.9 Å². The second kappa shape index (κ2) is 5.44. The molecule has 18 heavy (non-hydrogen) atoms. The number of hydrogen-bond acceptors (Lipinski definition) is 1. The van der Waals surface area contributed by atoms with Gasteiger partial charge in [-0.3, -0.25) is 0 Å². The van der Waals surface area contributed by atoms with Crippen molar-refractivity contribution in [1.82, 2.24) is 0 Å². The maximum atomic E-state index is 12.9. The average molecular weight is 316 g/mol. The Morgan fingerprint density at radius 3 is 2.17 bits per heavy atom. The number of halogens is 4. The minimum atomic E-state index is -0.643. The Morgan fingerprint density at radius 2 is 1.56 bits per heavy atom. The predicted molar refractivity (Wildman–Crippen MR) is 67.8 cm³/mol. The third kappa shape index (κ3) is 3.26. The summed E-state index contributed by atoms with van der Waals surface area (Å²) in [5, 5.41) is 2.87. The summed E-state index contributed by atoms with van der Waals surface area (Å²) >= 11 is 3.22. The first-order valence-electron chi connectivity index (χ1n) is 5.18. The summed E-state index contributed by atoms with van der Waals surface area (Å²) in [6.07, 6.45) is 0. The van der Waals surface area contributed by atoms with Gasteiger partial charge >= 0.3 is 0 Å². The molecule has 0 fully saturated rings. The van der Waals surface area contributed by atoms with Crippen molar-refractivity contribution in [2.24, 2.45) is 0 Å². The third-order valence-electron chi connectivity index (χ3n) is 2.36. The maximum absolute atomic E-state index is 12.9. The lowest BCUT2D eigenvalue weighted by Crippen LogP contribution is -2.01. The smallest absolute Gasteiger partial charge is 0.128 e. The molecule has 0 amide bonds. The fourth-order valence-corrected chi connectivity index (χ4v) is 2.01. The molecule has 0 saturated carbocycles. The molecule has 94 valence electrons. The highest BCUT2D eigenvalue weighted by molar-refractivity contribution is 9.10. The summed E-state index contributed by atoms with van der Waals surface area (Å²) in [6, 6.07) is 7.46. The van der Waals surface area contributed by atoms with E-state index in [1.165, 1.54) is 24.3 Å². The van der Waals surface area contributed by atoms with Crippen molar-refractivity contribution in [3.05, 3.63) is 63.9 Å². The summed E-state index contributed by atoms with van der Waals surface area (Å²) in [7, 11) is 0. The minimum absolute atomic E-state index is 0.337. The van der Waals surface area contributed by atoms with Gasteiger partial charge in [0.05, 0.1) is 0 Å². The van der Waals surface area contributed by atoms with E-state index < -0.39 is 11.6 Å². The molecule has 0 saturated heterocycles. The Morgan fingerprint density at radius 1 is 0.889 bits per heavy atom. The lowest BCUT2D eigenvalue weighted by atomic mass is 10.2. The molecule has 2 rings (SSSR count). The molecule has 0 heterocycles. The first-order valence-corrected chi connectivity index (χ1v) is 5.98. The van der Waals surface area contributed by atoms with Crippen LogP contribution in [0.3, 0.4) is 0 Å². The lowest BCUT2D eigenvalue weighted by Gasteiger charge is -2.08. The van der Waals surface area contributed by atoms with Gasteiger partial charge in [-0.05, 0) is 29.8 Å². The van der Waals surface area contributed by atoms with E-state index in [2.05, 4.69) is 21.2 Å². The molecule has 0 bridgehead atoms. The van der Waals surface area contributed by atoms with Crippen LogP contribution >= 0.6 is 15.9 Å². The highest BCUT2D eigenvalue weighted by Gasteiger charge is 2.03. The molecule has 0 unspecified atom stereocenters. The number of hydrogen-bond donors (Lipinski definition) is 1. The lowest BCUT2D eigenvalue weighted by molar-refractivity contribution is 0.584. The molecule has 1 nitrogen and oxygen atoms in total. The van der Waals surface area contributed by atoms with E-state index in [0.717, 1.165) is 11.6 Å². The van der Waals surface area contributed by atoms with E-state index in [4.69, 9.17) is 0 Å². The van der Waals surface area contributed by atoms with Gasteiger partial charge in [0.2, 0.25) is 0 Å². The van der Waals surface area contributed by atoms with Crippen molar-refractivity contribution in [2.45, 2.75) is 6.54 Å².